The molecule has 0 saturated carbocycles. The molecule has 0 fully saturated rings. The molecule has 0 spiro atoms. The summed E-state index contributed by atoms with van der Waals surface area (Å²) < 4.78 is 0. The molecule has 0 N–H and O–H groups in total. The fourth-order valence-corrected chi connectivity index (χ4v) is 1.05. The molecule has 0 bridgehead atoms. The summed E-state index contributed by atoms with van der Waals surface area (Å²) >= 11 is 0. The topological polar surface area (TPSA) is 36.7 Å². The fraction of sp³-hybridized carbons (Fsp3) is 0.455. The second-order valence-corrected chi connectivity index (χ2v) is 4.25. The van der Waals surface area contributed by atoms with Gasteiger partial charge >= 0.3 is 0 Å². The summed E-state index contributed by atoms with van der Waals surface area (Å²) in [5.74, 6) is 0. The smallest absolute Gasteiger partial charge is 0.0995 e. The van der Waals surface area contributed by atoms with E-state index in [1.54, 1.807) is 6.20 Å². The lowest BCUT2D eigenvalue weighted by Gasteiger charge is -2.17. The lowest BCUT2D eigenvalue weighted by molar-refractivity contribution is 0.568. The first-order chi connectivity index (χ1) is 5.95. The number of hydrogen-bond donors (Lipinski definition) is 0. The van der Waals surface area contributed by atoms with Crippen molar-refractivity contribution < 1.29 is 0 Å². The Morgan fingerprint density at radius 1 is 1.38 bits per heavy atom. The molecular formula is C11H14N2. The zero-order chi connectivity index (χ0) is 10.1. The summed E-state index contributed by atoms with van der Waals surface area (Å²) in [5.41, 5.74) is 2.64. The Morgan fingerprint density at radius 2 is 2.00 bits per heavy atom. The molecule has 0 amide bonds. The van der Waals surface area contributed by atoms with Crippen LogP contribution in [0.15, 0.2) is 12.3 Å². The molecule has 1 aromatic heterocycles. The molecule has 0 saturated heterocycles. The standard InChI is InChI=1S/C11H14N2/c1-8-7-13-10(11(2,3)4)5-9(8)6-12/h5,7H,1-4H3. The summed E-state index contributed by atoms with van der Waals surface area (Å²) in [6.45, 7) is 8.17. The second kappa shape index (κ2) is 3.18. The third-order valence-corrected chi connectivity index (χ3v) is 1.99. The molecule has 2 nitrogen and oxygen atoms in total. The number of rotatable bonds is 0. The Balaban J connectivity index is 3.24. The minimum Gasteiger partial charge on any atom is -0.260 e. The molecule has 1 aromatic rings. The molecule has 68 valence electrons. The van der Waals surface area contributed by atoms with Crippen LogP contribution in [0.2, 0.25) is 0 Å². The third kappa shape index (κ3) is 2.06. The van der Waals surface area contributed by atoms with Crippen molar-refractivity contribution in [1.82, 2.24) is 4.98 Å². The number of nitriles is 1. The summed E-state index contributed by atoms with van der Waals surface area (Å²) in [6.07, 6.45) is 1.76. The Bertz CT molecular complexity index is 353. The van der Waals surface area contributed by atoms with Crippen LogP contribution in [0.4, 0.5) is 0 Å². The summed E-state index contributed by atoms with van der Waals surface area (Å²) in [5, 5.41) is 8.83. The molecule has 0 atom stereocenters. The number of aryl methyl sites for hydroxylation is 1. The minimum absolute atomic E-state index is 0.0132. The molecule has 13 heavy (non-hydrogen) atoms. The van der Waals surface area contributed by atoms with Gasteiger partial charge in [0.2, 0.25) is 0 Å². The maximum absolute atomic E-state index is 8.83. The highest BCUT2D eigenvalue weighted by Gasteiger charge is 2.16. The van der Waals surface area contributed by atoms with Gasteiger partial charge in [0.15, 0.2) is 0 Å². The van der Waals surface area contributed by atoms with E-state index in [-0.39, 0.29) is 5.41 Å². The van der Waals surface area contributed by atoms with E-state index < -0.39 is 0 Å². The third-order valence-electron chi connectivity index (χ3n) is 1.99. The van der Waals surface area contributed by atoms with Crippen LogP contribution in [-0.4, -0.2) is 4.98 Å². The molecule has 0 aliphatic heterocycles. The van der Waals surface area contributed by atoms with Crippen LogP contribution in [0.1, 0.15) is 37.6 Å². The van der Waals surface area contributed by atoms with Crippen molar-refractivity contribution in [2.75, 3.05) is 0 Å². The average Bonchev–Trinajstić information content (AvgIpc) is 2.03. The maximum atomic E-state index is 8.83. The van der Waals surface area contributed by atoms with E-state index in [0.717, 1.165) is 16.8 Å². The van der Waals surface area contributed by atoms with Crippen LogP contribution < -0.4 is 0 Å². The summed E-state index contributed by atoms with van der Waals surface area (Å²) in [6, 6.07) is 4.04. The van der Waals surface area contributed by atoms with Gasteiger partial charge in [0.25, 0.3) is 0 Å². The highest BCUT2D eigenvalue weighted by Crippen LogP contribution is 2.21. The lowest BCUT2D eigenvalue weighted by atomic mass is 9.90. The molecule has 2 heteroatoms. The molecule has 0 aromatic carbocycles. The first-order valence-corrected chi connectivity index (χ1v) is 4.32. The molecule has 0 aliphatic carbocycles. The van der Waals surface area contributed by atoms with E-state index >= 15 is 0 Å². The van der Waals surface area contributed by atoms with Gasteiger partial charge in [-0.15, -0.1) is 0 Å². The average molecular weight is 174 g/mol. The Morgan fingerprint density at radius 3 is 2.46 bits per heavy atom. The van der Waals surface area contributed by atoms with Crippen molar-refractivity contribution in [3.8, 4) is 6.07 Å². The van der Waals surface area contributed by atoms with Crippen molar-refractivity contribution in [3.05, 3.63) is 29.1 Å². The fourth-order valence-electron chi connectivity index (χ4n) is 1.05. The Hall–Kier alpha value is -1.36. The van der Waals surface area contributed by atoms with Crippen molar-refractivity contribution >= 4 is 0 Å². The zero-order valence-corrected chi connectivity index (χ0v) is 8.55. The van der Waals surface area contributed by atoms with E-state index in [1.807, 2.05) is 13.0 Å². The summed E-state index contributed by atoms with van der Waals surface area (Å²) in [4.78, 5) is 4.31. The first kappa shape index (κ1) is 9.73. The van der Waals surface area contributed by atoms with Gasteiger partial charge in [0.1, 0.15) is 0 Å². The molecular weight excluding hydrogens is 160 g/mol. The molecule has 1 rings (SSSR count). The lowest BCUT2D eigenvalue weighted by Crippen LogP contribution is -2.13. The van der Waals surface area contributed by atoms with E-state index in [2.05, 4.69) is 31.8 Å². The Labute approximate surface area is 79.2 Å². The van der Waals surface area contributed by atoms with Gasteiger partial charge in [-0.05, 0) is 18.6 Å². The highest BCUT2D eigenvalue weighted by molar-refractivity contribution is 5.37. The quantitative estimate of drug-likeness (QED) is 0.606. The van der Waals surface area contributed by atoms with Crippen LogP contribution in [0.25, 0.3) is 0 Å². The highest BCUT2D eigenvalue weighted by atomic mass is 14.7. The van der Waals surface area contributed by atoms with Crippen molar-refractivity contribution in [2.24, 2.45) is 0 Å². The molecule has 1 heterocycles. The van der Waals surface area contributed by atoms with Gasteiger partial charge in [-0.25, -0.2) is 0 Å². The largest absolute Gasteiger partial charge is 0.260 e. The van der Waals surface area contributed by atoms with Gasteiger partial charge in [0.05, 0.1) is 11.6 Å². The van der Waals surface area contributed by atoms with Crippen LogP contribution in [0, 0.1) is 18.3 Å². The van der Waals surface area contributed by atoms with Crippen molar-refractivity contribution in [2.45, 2.75) is 33.1 Å². The number of hydrogen-bond acceptors (Lipinski definition) is 2. The van der Waals surface area contributed by atoms with Gasteiger partial charge in [-0.1, -0.05) is 20.8 Å². The van der Waals surface area contributed by atoms with Crippen LogP contribution in [0.5, 0.6) is 0 Å². The van der Waals surface area contributed by atoms with Crippen molar-refractivity contribution in [1.29, 1.82) is 5.26 Å². The van der Waals surface area contributed by atoms with E-state index in [9.17, 15) is 0 Å². The predicted octanol–water partition coefficient (Wildman–Crippen LogP) is 2.56. The van der Waals surface area contributed by atoms with Gasteiger partial charge < -0.3 is 0 Å². The molecule has 0 radical (unpaired) electrons. The predicted molar refractivity (Wildman–Crippen MR) is 52.4 cm³/mol. The van der Waals surface area contributed by atoms with Crippen molar-refractivity contribution in [3.63, 3.8) is 0 Å². The Kier molecular flexibility index (Phi) is 2.38. The van der Waals surface area contributed by atoms with E-state index in [4.69, 9.17) is 5.26 Å². The zero-order valence-electron chi connectivity index (χ0n) is 8.55. The van der Waals surface area contributed by atoms with Crippen LogP contribution >= 0.6 is 0 Å². The maximum Gasteiger partial charge on any atom is 0.0995 e. The SMILES string of the molecule is Cc1cnc(C(C)(C)C)cc1C#N. The normalized spacial score (nSPS) is 11.0. The monoisotopic (exact) mass is 174 g/mol. The number of pyridine rings is 1. The summed E-state index contributed by atoms with van der Waals surface area (Å²) in [7, 11) is 0. The van der Waals surface area contributed by atoms with E-state index in [0.29, 0.717) is 0 Å². The van der Waals surface area contributed by atoms with Gasteiger partial charge in [0, 0.05) is 17.3 Å². The number of aromatic nitrogens is 1. The first-order valence-electron chi connectivity index (χ1n) is 4.32. The van der Waals surface area contributed by atoms with Gasteiger partial charge in [-0.3, -0.25) is 4.98 Å². The van der Waals surface area contributed by atoms with E-state index in [1.165, 1.54) is 0 Å². The number of nitrogens with zero attached hydrogens (tertiary/aromatic N) is 2. The van der Waals surface area contributed by atoms with Crippen LogP contribution in [0.3, 0.4) is 0 Å². The van der Waals surface area contributed by atoms with Crippen LogP contribution in [-0.2, 0) is 5.41 Å². The van der Waals surface area contributed by atoms with Gasteiger partial charge in [-0.2, -0.15) is 5.26 Å². The molecule has 0 unspecified atom stereocenters. The second-order valence-electron chi connectivity index (χ2n) is 4.25. The molecule has 0 aliphatic rings. The minimum atomic E-state index is 0.0132.